The molecule has 0 unspecified atom stereocenters. The van der Waals surface area contributed by atoms with Gasteiger partial charge in [0.2, 0.25) is 0 Å². The van der Waals surface area contributed by atoms with E-state index in [0.717, 1.165) is 39.6 Å². The first-order valence-electron chi connectivity index (χ1n) is 16.5. The molecule has 3 aromatic heterocycles. The van der Waals surface area contributed by atoms with Crippen LogP contribution in [0.2, 0.25) is 0 Å². The van der Waals surface area contributed by atoms with Crippen LogP contribution in [-0.4, -0.2) is 24.1 Å². The number of hydrogen-bond donors (Lipinski definition) is 0. The Balaban J connectivity index is 1.18. The van der Waals surface area contributed by atoms with Gasteiger partial charge in [-0.25, -0.2) is 4.68 Å². The van der Waals surface area contributed by atoms with Crippen molar-refractivity contribution in [2.24, 2.45) is 0 Å². The largest absolute Gasteiger partial charge is 0.309 e. The zero-order valence-corrected chi connectivity index (χ0v) is 26.5. The van der Waals surface area contributed by atoms with Crippen LogP contribution in [0.5, 0.6) is 0 Å². The molecule has 0 saturated carbocycles. The Kier molecular flexibility index (Phi) is 6.11. The first kappa shape index (κ1) is 27.4. The SMILES string of the molecule is c1ccc(-c2c(-c3ccc(-n4c5ccccc5c5c6c7ccccc7n(-c7ccccc7)c6ccc54)cc3)nnn2-c2ccccc2)cc1. The van der Waals surface area contributed by atoms with Crippen LogP contribution in [0.15, 0.2) is 176 Å². The molecule has 0 saturated heterocycles. The Labute approximate surface area is 282 Å². The molecule has 0 amide bonds. The molecule has 0 spiro atoms. The lowest BCUT2D eigenvalue weighted by atomic mass is 10.0. The summed E-state index contributed by atoms with van der Waals surface area (Å²) in [6, 6.07) is 62.0. The first-order chi connectivity index (χ1) is 24.3. The third-order valence-electron chi connectivity index (χ3n) is 9.60. The van der Waals surface area contributed by atoms with E-state index in [0.29, 0.717) is 0 Å². The van der Waals surface area contributed by atoms with Crippen LogP contribution in [0.4, 0.5) is 0 Å². The van der Waals surface area contributed by atoms with Crippen LogP contribution in [-0.2, 0) is 0 Å². The lowest BCUT2D eigenvalue weighted by Gasteiger charge is -2.11. The fourth-order valence-corrected chi connectivity index (χ4v) is 7.50. The topological polar surface area (TPSA) is 40.6 Å². The summed E-state index contributed by atoms with van der Waals surface area (Å²) in [5.41, 5.74) is 11.9. The van der Waals surface area contributed by atoms with Gasteiger partial charge in [-0.05, 0) is 60.7 Å². The van der Waals surface area contributed by atoms with Gasteiger partial charge in [-0.1, -0.05) is 120 Å². The normalized spacial score (nSPS) is 11.7. The van der Waals surface area contributed by atoms with Gasteiger partial charge in [-0.2, -0.15) is 0 Å². The Bertz CT molecular complexity index is 2790. The lowest BCUT2D eigenvalue weighted by molar-refractivity contribution is 0.808. The maximum absolute atomic E-state index is 4.73. The molecule has 7 aromatic carbocycles. The van der Waals surface area contributed by atoms with E-state index in [4.69, 9.17) is 5.10 Å². The second-order valence-corrected chi connectivity index (χ2v) is 12.3. The summed E-state index contributed by atoms with van der Waals surface area (Å²) in [6.45, 7) is 0. The third kappa shape index (κ3) is 4.19. The van der Waals surface area contributed by atoms with Gasteiger partial charge in [0.15, 0.2) is 0 Å². The molecule has 10 rings (SSSR count). The van der Waals surface area contributed by atoms with Gasteiger partial charge in [0.25, 0.3) is 0 Å². The summed E-state index contributed by atoms with van der Waals surface area (Å²) in [6.07, 6.45) is 0. The first-order valence-corrected chi connectivity index (χ1v) is 16.5. The maximum Gasteiger partial charge on any atom is 0.121 e. The summed E-state index contributed by atoms with van der Waals surface area (Å²) in [4.78, 5) is 0. The molecule has 49 heavy (non-hydrogen) atoms. The average molecular weight is 628 g/mol. The van der Waals surface area contributed by atoms with Crippen LogP contribution in [0.3, 0.4) is 0 Å². The predicted molar refractivity (Wildman–Crippen MR) is 201 cm³/mol. The second-order valence-electron chi connectivity index (χ2n) is 12.3. The van der Waals surface area contributed by atoms with Gasteiger partial charge >= 0.3 is 0 Å². The number of fused-ring (bicyclic) bond motifs is 7. The van der Waals surface area contributed by atoms with Crippen molar-refractivity contribution in [2.45, 2.75) is 0 Å². The van der Waals surface area contributed by atoms with Crippen molar-refractivity contribution < 1.29 is 0 Å². The van der Waals surface area contributed by atoms with Crippen molar-refractivity contribution in [2.75, 3.05) is 0 Å². The van der Waals surface area contributed by atoms with Gasteiger partial charge in [-0.15, -0.1) is 5.10 Å². The Hall–Kier alpha value is -6.72. The highest BCUT2D eigenvalue weighted by Crippen LogP contribution is 2.42. The van der Waals surface area contributed by atoms with E-state index in [2.05, 4.69) is 166 Å². The highest BCUT2D eigenvalue weighted by Gasteiger charge is 2.21. The van der Waals surface area contributed by atoms with Crippen molar-refractivity contribution in [3.05, 3.63) is 176 Å². The Morgan fingerprint density at radius 3 is 1.39 bits per heavy atom. The minimum Gasteiger partial charge on any atom is -0.309 e. The summed E-state index contributed by atoms with van der Waals surface area (Å²) >= 11 is 0. The lowest BCUT2D eigenvalue weighted by Crippen LogP contribution is -1.99. The number of benzene rings is 7. The minimum atomic E-state index is 0.847. The quantitative estimate of drug-likeness (QED) is 0.190. The number of nitrogens with zero attached hydrogens (tertiary/aromatic N) is 5. The predicted octanol–water partition coefficient (Wildman–Crippen LogP) is 10.8. The number of rotatable bonds is 5. The molecule has 0 fully saturated rings. The average Bonchev–Trinajstić information content (AvgIpc) is 3.87. The third-order valence-corrected chi connectivity index (χ3v) is 9.60. The van der Waals surface area contributed by atoms with E-state index >= 15 is 0 Å². The van der Waals surface area contributed by atoms with Crippen LogP contribution in [0.1, 0.15) is 0 Å². The van der Waals surface area contributed by atoms with E-state index in [9.17, 15) is 0 Å². The summed E-state index contributed by atoms with van der Waals surface area (Å²) in [7, 11) is 0. The second kappa shape index (κ2) is 10.9. The van der Waals surface area contributed by atoms with Gasteiger partial charge < -0.3 is 9.13 Å². The number of aromatic nitrogens is 5. The van der Waals surface area contributed by atoms with E-state index in [-0.39, 0.29) is 0 Å². The molecule has 0 aliphatic heterocycles. The van der Waals surface area contributed by atoms with Gasteiger partial charge in [0.05, 0.1) is 27.8 Å². The molecule has 0 radical (unpaired) electrons. The van der Waals surface area contributed by atoms with Crippen molar-refractivity contribution in [3.63, 3.8) is 0 Å². The molecule has 5 nitrogen and oxygen atoms in total. The molecule has 10 aromatic rings. The van der Waals surface area contributed by atoms with E-state index < -0.39 is 0 Å². The monoisotopic (exact) mass is 627 g/mol. The molecule has 0 aliphatic rings. The Morgan fingerprint density at radius 1 is 0.347 bits per heavy atom. The molecule has 0 N–H and O–H groups in total. The van der Waals surface area contributed by atoms with Crippen LogP contribution < -0.4 is 0 Å². The molecule has 3 heterocycles. The standard InChI is InChI=1S/C44H29N5/c1-4-14-31(15-5-1)44-43(45-46-49(44)34-18-8-3-9-19-34)30-24-26-33(27-25-30)48-38-23-13-11-21-36(38)42-40(48)29-28-39-41(42)35-20-10-12-22-37(35)47(39)32-16-6-2-7-17-32/h1-29H. The van der Waals surface area contributed by atoms with Crippen molar-refractivity contribution in [1.29, 1.82) is 0 Å². The smallest absolute Gasteiger partial charge is 0.121 e. The van der Waals surface area contributed by atoms with Crippen LogP contribution >= 0.6 is 0 Å². The van der Waals surface area contributed by atoms with Crippen LogP contribution in [0.25, 0.3) is 83.2 Å². The highest BCUT2D eigenvalue weighted by atomic mass is 15.4. The van der Waals surface area contributed by atoms with Crippen molar-refractivity contribution >= 4 is 43.6 Å². The molecular formula is C44H29N5. The van der Waals surface area contributed by atoms with Crippen molar-refractivity contribution in [3.8, 4) is 39.6 Å². The molecule has 0 bridgehead atoms. The fraction of sp³-hybridized carbons (Fsp3) is 0. The zero-order valence-electron chi connectivity index (χ0n) is 26.5. The summed E-state index contributed by atoms with van der Waals surface area (Å²) in [5, 5.41) is 14.4. The van der Waals surface area contributed by atoms with E-state index in [1.54, 1.807) is 0 Å². The number of hydrogen-bond acceptors (Lipinski definition) is 2. The highest BCUT2D eigenvalue weighted by molar-refractivity contribution is 6.28. The molecule has 5 heteroatoms. The fourth-order valence-electron chi connectivity index (χ4n) is 7.50. The van der Waals surface area contributed by atoms with E-state index in [1.165, 1.54) is 43.6 Å². The van der Waals surface area contributed by atoms with Gasteiger partial charge in [0, 0.05) is 44.0 Å². The Morgan fingerprint density at radius 2 is 0.816 bits per heavy atom. The van der Waals surface area contributed by atoms with E-state index in [1.807, 2.05) is 28.9 Å². The summed E-state index contributed by atoms with van der Waals surface area (Å²) < 4.78 is 6.71. The van der Waals surface area contributed by atoms with Crippen molar-refractivity contribution in [1.82, 2.24) is 24.1 Å². The minimum absolute atomic E-state index is 0.847. The zero-order chi connectivity index (χ0) is 32.3. The molecule has 230 valence electrons. The number of para-hydroxylation sites is 4. The molecule has 0 aliphatic carbocycles. The molecule has 0 atom stereocenters. The maximum atomic E-state index is 4.73. The van der Waals surface area contributed by atoms with Gasteiger partial charge in [-0.3, -0.25) is 0 Å². The van der Waals surface area contributed by atoms with Gasteiger partial charge in [0.1, 0.15) is 11.4 Å². The summed E-state index contributed by atoms with van der Waals surface area (Å²) in [5.74, 6) is 0. The van der Waals surface area contributed by atoms with Crippen LogP contribution in [0, 0.1) is 0 Å². The molecular weight excluding hydrogens is 599 g/mol.